The van der Waals surface area contributed by atoms with Crippen LogP contribution < -0.4 is 5.32 Å². The number of aliphatic imine (C=N–C) groups is 1. The highest BCUT2D eigenvalue weighted by molar-refractivity contribution is 14.0. The normalized spacial score (nSPS) is 24.3. The third-order valence-corrected chi connectivity index (χ3v) is 4.69. The lowest BCUT2D eigenvalue weighted by Gasteiger charge is -2.24. The SMILES string of the molecule is CCNC(=NCc1nc(C)c(C)o1)N1CCC2(CCOC2)C1.I. The minimum atomic E-state index is 0. The van der Waals surface area contributed by atoms with Gasteiger partial charge in [0.15, 0.2) is 5.96 Å². The Labute approximate surface area is 155 Å². The number of nitrogens with zero attached hydrogens (tertiary/aromatic N) is 3. The number of ether oxygens (including phenoxy) is 1. The zero-order valence-corrected chi connectivity index (χ0v) is 16.6. The predicted octanol–water partition coefficient (Wildman–Crippen LogP) is 2.49. The Kier molecular flexibility index (Phi) is 6.30. The van der Waals surface area contributed by atoms with E-state index in [1.165, 1.54) is 12.8 Å². The van der Waals surface area contributed by atoms with E-state index in [2.05, 4.69) is 22.1 Å². The predicted molar refractivity (Wildman–Crippen MR) is 100 cm³/mol. The Balaban J connectivity index is 0.00000192. The Morgan fingerprint density at radius 2 is 2.22 bits per heavy atom. The quantitative estimate of drug-likeness (QED) is 0.450. The minimum absolute atomic E-state index is 0. The van der Waals surface area contributed by atoms with Gasteiger partial charge in [-0.2, -0.15) is 0 Å². The highest BCUT2D eigenvalue weighted by atomic mass is 127. The van der Waals surface area contributed by atoms with Gasteiger partial charge in [0.25, 0.3) is 0 Å². The van der Waals surface area contributed by atoms with Gasteiger partial charge >= 0.3 is 0 Å². The van der Waals surface area contributed by atoms with Gasteiger partial charge in [-0.05, 0) is 33.6 Å². The molecule has 0 bridgehead atoms. The topological polar surface area (TPSA) is 62.9 Å². The molecular formula is C16H27IN4O2. The maximum Gasteiger partial charge on any atom is 0.216 e. The summed E-state index contributed by atoms with van der Waals surface area (Å²) in [7, 11) is 0. The summed E-state index contributed by atoms with van der Waals surface area (Å²) in [5.74, 6) is 2.52. The maximum atomic E-state index is 5.61. The second kappa shape index (κ2) is 7.83. The zero-order valence-electron chi connectivity index (χ0n) is 14.2. The summed E-state index contributed by atoms with van der Waals surface area (Å²) in [6.45, 7) is 11.2. The molecule has 1 atom stereocenters. The van der Waals surface area contributed by atoms with Crippen molar-refractivity contribution in [1.82, 2.24) is 15.2 Å². The first-order valence-electron chi connectivity index (χ1n) is 8.16. The molecule has 2 aliphatic heterocycles. The fourth-order valence-electron chi connectivity index (χ4n) is 3.26. The fourth-order valence-corrected chi connectivity index (χ4v) is 3.26. The van der Waals surface area contributed by atoms with Crippen LogP contribution in [-0.4, -0.2) is 48.7 Å². The summed E-state index contributed by atoms with van der Waals surface area (Å²) in [4.78, 5) is 11.5. The lowest BCUT2D eigenvalue weighted by molar-refractivity contribution is 0.156. The van der Waals surface area contributed by atoms with Crippen molar-refractivity contribution in [1.29, 1.82) is 0 Å². The number of nitrogens with one attached hydrogen (secondary N) is 1. The second-order valence-electron chi connectivity index (χ2n) is 6.39. The monoisotopic (exact) mass is 434 g/mol. The van der Waals surface area contributed by atoms with E-state index in [1.54, 1.807) is 0 Å². The summed E-state index contributed by atoms with van der Waals surface area (Å²) >= 11 is 0. The van der Waals surface area contributed by atoms with Gasteiger partial charge in [-0.15, -0.1) is 24.0 Å². The van der Waals surface area contributed by atoms with Crippen LogP contribution in [0, 0.1) is 19.3 Å². The number of aromatic nitrogens is 1. The van der Waals surface area contributed by atoms with Crippen molar-refractivity contribution in [2.45, 2.75) is 40.2 Å². The van der Waals surface area contributed by atoms with Crippen molar-refractivity contribution in [3.8, 4) is 0 Å². The molecule has 23 heavy (non-hydrogen) atoms. The third-order valence-electron chi connectivity index (χ3n) is 4.69. The van der Waals surface area contributed by atoms with Gasteiger partial charge in [0.05, 0.1) is 12.3 Å². The summed E-state index contributed by atoms with van der Waals surface area (Å²) < 4.78 is 11.2. The molecule has 2 aliphatic rings. The first kappa shape index (κ1) is 18.5. The summed E-state index contributed by atoms with van der Waals surface area (Å²) in [5.41, 5.74) is 1.28. The lowest BCUT2D eigenvalue weighted by Crippen LogP contribution is -2.41. The van der Waals surface area contributed by atoms with E-state index >= 15 is 0 Å². The molecule has 3 heterocycles. The van der Waals surface area contributed by atoms with E-state index in [0.29, 0.717) is 17.9 Å². The highest BCUT2D eigenvalue weighted by Crippen LogP contribution is 2.38. The average molecular weight is 434 g/mol. The molecule has 0 aromatic carbocycles. The van der Waals surface area contributed by atoms with Gasteiger partial charge in [-0.1, -0.05) is 0 Å². The average Bonchev–Trinajstić information content (AvgIpc) is 3.20. The Hall–Kier alpha value is -0.830. The van der Waals surface area contributed by atoms with Crippen LogP contribution in [0.1, 0.15) is 37.1 Å². The zero-order chi connectivity index (χ0) is 15.6. The van der Waals surface area contributed by atoms with E-state index in [4.69, 9.17) is 14.1 Å². The van der Waals surface area contributed by atoms with Crippen LogP contribution in [0.5, 0.6) is 0 Å². The van der Waals surface area contributed by atoms with Gasteiger partial charge in [0, 0.05) is 31.7 Å². The molecule has 1 aromatic rings. The van der Waals surface area contributed by atoms with E-state index in [-0.39, 0.29) is 24.0 Å². The first-order valence-corrected chi connectivity index (χ1v) is 8.16. The van der Waals surface area contributed by atoms with Crippen molar-refractivity contribution >= 4 is 29.9 Å². The Morgan fingerprint density at radius 3 is 2.83 bits per heavy atom. The van der Waals surface area contributed by atoms with Crippen molar-refractivity contribution < 1.29 is 9.15 Å². The van der Waals surface area contributed by atoms with Gasteiger partial charge in [-0.25, -0.2) is 9.98 Å². The molecule has 0 saturated carbocycles. The lowest BCUT2D eigenvalue weighted by atomic mass is 9.87. The standard InChI is InChI=1S/C16H26N4O2.HI/c1-4-17-15(18-9-14-19-12(2)13(3)22-14)20-7-5-16(10-20)6-8-21-11-16;/h4-11H2,1-3H3,(H,17,18);1H. The number of aryl methyl sites for hydroxylation is 2. The number of oxazole rings is 1. The van der Waals surface area contributed by atoms with Crippen LogP contribution in [0.2, 0.25) is 0 Å². The van der Waals surface area contributed by atoms with Crippen LogP contribution in [0.25, 0.3) is 0 Å². The Morgan fingerprint density at radius 1 is 1.39 bits per heavy atom. The molecule has 6 nitrogen and oxygen atoms in total. The second-order valence-corrected chi connectivity index (χ2v) is 6.39. The van der Waals surface area contributed by atoms with Crippen LogP contribution in [0.4, 0.5) is 0 Å². The minimum Gasteiger partial charge on any atom is -0.444 e. The van der Waals surface area contributed by atoms with Crippen molar-refractivity contribution in [2.75, 3.05) is 32.8 Å². The number of hydrogen-bond acceptors (Lipinski definition) is 4. The smallest absolute Gasteiger partial charge is 0.216 e. The fraction of sp³-hybridized carbons (Fsp3) is 0.750. The first-order chi connectivity index (χ1) is 10.6. The molecule has 2 saturated heterocycles. The van der Waals surface area contributed by atoms with E-state index < -0.39 is 0 Å². The van der Waals surface area contributed by atoms with Crippen LogP contribution >= 0.6 is 24.0 Å². The largest absolute Gasteiger partial charge is 0.444 e. The van der Waals surface area contributed by atoms with Gasteiger partial charge in [0.1, 0.15) is 12.3 Å². The van der Waals surface area contributed by atoms with Gasteiger partial charge in [-0.3, -0.25) is 0 Å². The van der Waals surface area contributed by atoms with Gasteiger partial charge < -0.3 is 19.4 Å². The molecule has 7 heteroatoms. The number of halogens is 1. The maximum absolute atomic E-state index is 5.61. The summed E-state index contributed by atoms with van der Waals surface area (Å²) in [5, 5.41) is 3.39. The summed E-state index contributed by atoms with van der Waals surface area (Å²) in [6, 6.07) is 0. The van der Waals surface area contributed by atoms with Gasteiger partial charge in [0.2, 0.25) is 5.89 Å². The molecule has 130 valence electrons. The van der Waals surface area contributed by atoms with E-state index in [0.717, 1.165) is 50.3 Å². The molecule has 1 unspecified atom stereocenters. The van der Waals surface area contributed by atoms with Crippen LogP contribution in [0.3, 0.4) is 0 Å². The van der Waals surface area contributed by atoms with Crippen molar-refractivity contribution in [2.24, 2.45) is 10.4 Å². The molecule has 1 spiro atoms. The molecule has 1 N–H and O–H groups in total. The Bertz CT molecular complexity index is 533. The highest BCUT2D eigenvalue weighted by Gasteiger charge is 2.42. The molecule has 0 aliphatic carbocycles. The van der Waals surface area contributed by atoms with E-state index in [9.17, 15) is 0 Å². The molecule has 2 fully saturated rings. The number of rotatable bonds is 3. The molecule has 0 radical (unpaired) electrons. The molecule has 1 aromatic heterocycles. The van der Waals surface area contributed by atoms with Crippen LogP contribution in [0.15, 0.2) is 9.41 Å². The van der Waals surface area contributed by atoms with E-state index in [1.807, 2.05) is 13.8 Å². The van der Waals surface area contributed by atoms with Crippen LogP contribution in [-0.2, 0) is 11.3 Å². The molecular weight excluding hydrogens is 407 g/mol. The molecule has 3 rings (SSSR count). The number of likely N-dealkylation sites (tertiary alicyclic amines) is 1. The molecule has 0 amide bonds. The van der Waals surface area contributed by atoms with Crippen molar-refractivity contribution in [3.05, 3.63) is 17.3 Å². The number of hydrogen-bond donors (Lipinski definition) is 1. The third kappa shape index (κ3) is 4.17. The number of guanidine groups is 1. The van der Waals surface area contributed by atoms with Crippen molar-refractivity contribution in [3.63, 3.8) is 0 Å². The summed E-state index contributed by atoms with van der Waals surface area (Å²) in [6.07, 6.45) is 2.36.